The average molecular weight is 368 g/mol. The van der Waals surface area contributed by atoms with E-state index in [0.717, 1.165) is 5.56 Å². The number of methoxy groups -OCH3 is 1. The number of para-hydroxylation sites is 1. The van der Waals surface area contributed by atoms with Crippen molar-refractivity contribution in [1.29, 1.82) is 0 Å². The number of esters is 1. The molecule has 0 bridgehead atoms. The predicted octanol–water partition coefficient (Wildman–Crippen LogP) is 1.67. The first-order valence-electron chi connectivity index (χ1n) is 7.94. The minimum absolute atomic E-state index is 0.00997. The summed E-state index contributed by atoms with van der Waals surface area (Å²) >= 11 is 0. The highest BCUT2D eigenvalue weighted by molar-refractivity contribution is 5.93. The van der Waals surface area contributed by atoms with Crippen LogP contribution in [-0.4, -0.2) is 45.3 Å². The van der Waals surface area contributed by atoms with Crippen LogP contribution in [0.3, 0.4) is 0 Å². The molecular weight excluding hydrogens is 352 g/mol. The second kappa shape index (κ2) is 7.70. The third kappa shape index (κ3) is 3.51. The standard InChI is InChI=1S/C17H16N6O4/c1-18-15(11-7-9-12(10-8-11)23(25)26)16-19-20-21-22(16)14-6-4-3-5-13(14)17(24)27-2/h3-10,15,18H,1-2H3/t15-/m0/s1. The molecule has 0 radical (unpaired) electrons. The van der Waals surface area contributed by atoms with Crippen molar-refractivity contribution in [2.24, 2.45) is 0 Å². The van der Waals surface area contributed by atoms with Crippen molar-refractivity contribution in [3.63, 3.8) is 0 Å². The number of nitro groups is 1. The highest BCUT2D eigenvalue weighted by atomic mass is 16.6. The number of rotatable bonds is 6. The molecule has 1 aromatic heterocycles. The van der Waals surface area contributed by atoms with Gasteiger partial charge in [0.05, 0.1) is 29.3 Å². The van der Waals surface area contributed by atoms with Crippen LogP contribution in [0.25, 0.3) is 5.69 Å². The molecular formula is C17H16N6O4. The van der Waals surface area contributed by atoms with E-state index in [2.05, 4.69) is 20.8 Å². The molecule has 0 fully saturated rings. The van der Waals surface area contributed by atoms with Crippen LogP contribution in [0.1, 0.15) is 27.8 Å². The smallest absolute Gasteiger partial charge is 0.340 e. The van der Waals surface area contributed by atoms with Crippen molar-refractivity contribution in [3.8, 4) is 5.69 Å². The van der Waals surface area contributed by atoms with Crippen LogP contribution in [-0.2, 0) is 4.74 Å². The average Bonchev–Trinajstić information content (AvgIpc) is 3.17. The van der Waals surface area contributed by atoms with E-state index in [-0.39, 0.29) is 5.69 Å². The first-order chi connectivity index (χ1) is 13.1. The van der Waals surface area contributed by atoms with Gasteiger partial charge >= 0.3 is 5.97 Å². The zero-order chi connectivity index (χ0) is 19.4. The van der Waals surface area contributed by atoms with Crippen LogP contribution >= 0.6 is 0 Å². The summed E-state index contributed by atoms with van der Waals surface area (Å²) in [5.41, 5.74) is 1.50. The summed E-state index contributed by atoms with van der Waals surface area (Å²) in [5.74, 6) is -0.0916. The number of benzene rings is 2. The van der Waals surface area contributed by atoms with Crippen molar-refractivity contribution < 1.29 is 14.5 Å². The Labute approximate surface area is 153 Å². The first-order valence-corrected chi connectivity index (χ1v) is 7.94. The monoisotopic (exact) mass is 368 g/mol. The Morgan fingerprint density at radius 2 is 1.93 bits per heavy atom. The Morgan fingerprint density at radius 1 is 1.22 bits per heavy atom. The molecule has 0 saturated carbocycles. The Kier molecular flexibility index (Phi) is 5.18. The molecule has 1 heterocycles. The number of nitro benzene ring substituents is 1. The van der Waals surface area contributed by atoms with Gasteiger partial charge in [-0.05, 0) is 35.2 Å². The van der Waals surface area contributed by atoms with Crippen LogP contribution in [0, 0.1) is 10.1 Å². The summed E-state index contributed by atoms with van der Waals surface area (Å²) in [4.78, 5) is 22.5. The minimum atomic E-state index is -0.511. The number of hydrogen-bond donors (Lipinski definition) is 1. The van der Waals surface area contributed by atoms with Crippen molar-refractivity contribution in [1.82, 2.24) is 25.5 Å². The molecule has 27 heavy (non-hydrogen) atoms. The normalized spacial score (nSPS) is 11.8. The molecule has 10 nitrogen and oxygen atoms in total. The predicted molar refractivity (Wildman–Crippen MR) is 94.5 cm³/mol. The van der Waals surface area contributed by atoms with Gasteiger partial charge < -0.3 is 10.1 Å². The number of hydrogen-bond acceptors (Lipinski definition) is 8. The number of nitrogens with one attached hydrogen (secondary N) is 1. The van der Waals surface area contributed by atoms with Crippen molar-refractivity contribution in [2.75, 3.05) is 14.2 Å². The zero-order valence-electron chi connectivity index (χ0n) is 14.6. The van der Waals surface area contributed by atoms with Gasteiger partial charge in [0, 0.05) is 12.1 Å². The summed E-state index contributed by atoms with van der Waals surface area (Å²) in [7, 11) is 3.02. The fraction of sp³-hybridized carbons (Fsp3) is 0.176. The lowest BCUT2D eigenvalue weighted by Gasteiger charge is -2.17. The van der Waals surface area contributed by atoms with Crippen LogP contribution < -0.4 is 5.32 Å². The highest BCUT2D eigenvalue weighted by Crippen LogP contribution is 2.25. The molecule has 138 valence electrons. The van der Waals surface area contributed by atoms with E-state index in [1.54, 1.807) is 43.4 Å². The number of aromatic nitrogens is 4. The van der Waals surface area contributed by atoms with Gasteiger partial charge in [0.2, 0.25) is 0 Å². The molecule has 3 rings (SSSR count). The molecule has 0 saturated heterocycles. The number of non-ortho nitro benzene ring substituents is 1. The third-order valence-electron chi connectivity index (χ3n) is 4.02. The van der Waals surface area contributed by atoms with Gasteiger partial charge in [-0.2, -0.15) is 4.68 Å². The van der Waals surface area contributed by atoms with Gasteiger partial charge in [0.25, 0.3) is 5.69 Å². The third-order valence-corrected chi connectivity index (χ3v) is 4.02. The lowest BCUT2D eigenvalue weighted by atomic mass is 10.1. The van der Waals surface area contributed by atoms with E-state index in [1.807, 2.05) is 0 Å². The van der Waals surface area contributed by atoms with Crippen molar-refractivity contribution in [3.05, 3.63) is 75.6 Å². The van der Waals surface area contributed by atoms with Crippen molar-refractivity contribution >= 4 is 11.7 Å². The fourth-order valence-electron chi connectivity index (χ4n) is 2.72. The molecule has 1 N–H and O–H groups in total. The summed E-state index contributed by atoms with van der Waals surface area (Å²) < 4.78 is 6.26. The highest BCUT2D eigenvalue weighted by Gasteiger charge is 2.24. The van der Waals surface area contributed by atoms with Gasteiger partial charge in [-0.25, -0.2) is 4.79 Å². The van der Waals surface area contributed by atoms with Crippen LogP contribution in [0.4, 0.5) is 5.69 Å². The van der Waals surface area contributed by atoms with E-state index >= 15 is 0 Å². The van der Waals surface area contributed by atoms with E-state index in [0.29, 0.717) is 17.1 Å². The Balaban J connectivity index is 2.06. The second-order valence-electron chi connectivity index (χ2n) is 5.53. The van der Waals surface area contributed by atoms with E-state index in [9.17, 15) is 14.9 Å². The molecule has 2 aromatic carbocycles. The topological polar surface area (TPSA) is 125 Å². The van der Waals surface area contributed by atoms with Crippen LogP contribution in [0.2, 0.25) is 0 Å². The minimum Gasteiger partial charge on any atom is -0.465 e. The molecule has 1 atom stereocenters. The molecule has 3 aromatic rings. The van der Waals surface area contributed by atoms with E-state index < -0.39 is 16.9 Å². The summed E-state index contributed by atoms with van der Waals surface area (Å²) in [6.07, 6.45) is 0. The van der Waals surface area contributed by atoms with E-state index in [1.165, 1.54) is 23.9 Å². The number of nitrogens with zero attached hydrogens (tertiary/aromatic N) is 5. The number of tetrazole rings is 1. The van der Waals surface area contributed by atoms with Crippen molar-refractivity contribution in [2.45, 2.75) is 6.04 Å². The van der Waals surface area contributed by atoms with E-state index in [4.69, 9.17) is 4.74 Å². The lowest BCUT2D eigenvalue weighted by Crippen LogP contribution is -2.23. The molecule has 0 amide bonds. The van der Waals surface area contributed by atoms with Gasteiger partial charge in [-0.15, -0.1) is 5.10 Å². The fourth-order valence-corrected chi connectivity index (χ4v) is 2.72. The SMILES string of the molecule is CN[C@@H](c1ccc([N+](=O)[O-])cc1)c1nnnn1-c1ccccc1C(=O)OC. The van der Waals surface area contributed by atoms with Gasteiger partial charge in [0.15, 0.2) is 5.82 Å². The summed E-state index contributed by atoms with van der Waals surface area (Å²) in [5, 5.41) is 25.8. The quantitative estimate of drug-likeness (QED) is 0.396. The lowest BCUT2D eigenvalue weighted by molar-refractivity contribution is -0.384. The summed E-state index contributed by atoms with van der Waals surface area (Å²) in [6.45, 7) is 0. The van der Waals surface area contributed by atoms with Crippen LogP contribution in [0.5, 0.6) is 0 Å². The molecule has 0 aliphatic rings. The second-order valence-corrected chi connectivity index (χ2v) is 5.53. The van der Waals surface area contributed by atoms with Crippen LogP contribution in [0.15, 0.2) is 48.5 Å². The Hall–Kier alpha value is -3.66. The maximum absolute atomic E-state index is 12.1. The number of carbonyl (C=O) groups excluding carboxylic acids is 1. The molecule has 0 aliphatic heterocycles. The molecule has 0 spiro atoms. The van der Waals surface area contributed by atoms with Gasteiger partial charge in [0.1, 0.15) is 0 Å². The first kappa shape index (κ1) is 18.1. The molecule has 0 unspecified atom stereocenters. The summed E-state index contributed by atoms with van der Waals surface area (Å²) in [6, 6.07) is 12.4. The number of ether oxygens (including phenoxy) is 1. The zero-order valence-corrected chi connectivity index (χ0v) is 14.6. The Morgan fingerprint density at radius 3 is 2.56 bits per heavy atom. The maximum Gasteiger partial charge on any atom is 0.340 e. The Bertz CT molecular complexity index is 970. The largest absolute Gasteiger partial charge is 0.465 e. The number of carbonyl (C=O) groups is 1. The maximum atomic E-state index is 12.1. The van der Waals surface area contributed by atoms with Gasteiger partial charge in [-0.1, -0.05) is 24.3 Å². The molecule has 0 aliphatic carbocycles. The van der Waals surface area contributed by atoms with Gasteiger partial charge in [-0.3, -0.25) is 10.1 Å². The molecule has 10 heteroatoms.